The van der Waals surface area contributed by atoms with E-state index in [1.807, 2.05) is 0 Å². The number of fused-ring (bicyclic) bond motifs is 10. The zero-order valence-electron chi connectivity index (χ0n) is 50.2. The smallest absolute Gasteiger partial charge is 0.367 e. The molecule has 0 amide bonds. The predicted octanol–water partition coefficient (Wildman–Crippen LogP) is 13.4. The number of Topliss-reactive ketones (excluding diaryl/α,β-unsaturated/α-hetero) is 4. The van der Waals surface area contributed by atoms with E-state index in [0.717, 1.165) is 74.0 Å². The molecular weight excluding hydrogens is 1200 g/mol. The molecule has 7 aromatic rings. The third kappa shape index (κ3) is 10.4. The molecule has 5 aromatic carbocycles. The van der Waals surface area contributed by atoms with E-state index in [-0.39, 0.29) is 114 Å². The van der Waals surface area contributed by atoms with Gasteiger partial charge in [0.1, 0.15) is 47.9 Å². The molecule has 6 aliphatic carbocycles. The highest BCUT2D eigenvalue weighted by molar-refractivity contribution is 7.20. The fraction of sp³-hybridized carbons (Fsp3) is 0.351. The molecule has 0 spiro atoms. The molecule has 16 nitrogen and oxygen atoms in total. The van der Waals surface area contributed by atoms with Crippen molar-refractivity contribution < 1.29 is 66.8 Å². The number of carbonyl (C=O) groups is 8. The van der Waals surface area contributed by atoms with Gasteiger partial charge in [-0.25, -0.2) is 29.2 Å². The highest BCUT2D eigenvalue weighted by Gasteiger charge is 2.63. The third-order valence-corrected chi connectivity index (χ3v) is 22.4. The van der Waals surface area contributed by atoms with Crippen LogP contribution in [0.2, 0.25) is 0 Å². The number of esters is 4. The summed E-state index contributed by atoms with van der Waals surface area (Å²) in [4.78, 5) is 131. The minimum Gasteiger partial charge on any atom is -0.458 e. The summed E-state index contributed by atoms with van der Waals surface area (Å²) in [5.41, 5.74) is -3.91. The highest BCUT2D eigenvalue weighted by Crippen LogP contribution is 2.60. The van der Waals surface area contributed by atoms with Crippen molar-refractivity contribution in [2.24, 2.45) is 57.3 Å². The van der Waals surface area contributed by atoms with Crippen molar-refractivity contribution in [1.82, 2.24) is 0 Å². The number of ether oxygens (including phenoxy) is 6. The van der Waals surface area contributed by atoms with E-state index >= 15 is 19.2 Å². The number of carbonyl (C=O) groups excluding carboxylic acids is 8. The fourth-order valence-electron chi connectivity index (χ4n) is 15.7. The number of hydrogen-bond acceptors (Lipinski definition) is 18. The Morgan fingerprint density at radius 1 is 0.402 bits per heavy atom. The molecule has 15 rings (SSSR count). The number of thiophene rings is 2. The Balaban J connectivity index is 0.930. The van der Waals surface area contributed by atoms with Gasteiger partial charge in [-0.2, -0.15) is 0 Å². The Morgan fingerprint density at radius 3 is 0.946 bits per heavy atom. The topological polar surface area (TPSA) is 217 Å². The van der Waals surface area contributed by atoms with E-state index in [9.17, 15) is 19.2 Å². The molecule has 2 aromatic heterocycles. The first-order valence-electron chi connectivity index (χ1n) is 31.9. The molecule has 466 valence electrons. The number of aliphatic imine (C=N–C) groups is 2. The molecular formula is C74H64N2O14S2. The monoisotopic (exact) mass is 1270 g/mol. The van der Waals surface area contributed by atoms with Crippen LogP contribution in [-0.4, -0.2) is 58.4 Å². The average Bonchev–Trinajstić information content (AvgIpc) is 1.14. The number of ketones is 4. The largest absolute Gasteiger partial charge is 0.458 e. The molecule has 8 aliphatic rings. The van der Waals surface area contributed by atoms with E-state index in [2.05, 4.69) is 0 Å². The van der Waals surface area contributed by atoms with Gasteiger partial charge in [-0.1, -0.05) is 173 Å². The van der Waals surface area contributed by atoms with Gasteiger partial charge < -0.3 is 28.4 Å². The van der Waals surface area contributed by atoms with Crippen LogP contribution >= 0.6 is 22.7 Å². The van der Waals surface area contributed by atoms with Crippen molar-refractivity contribution in [3.63, 3.8) is 0 Å². The van der Waals surface area contributed by atoms with Crippen LogP contribution in [0.25, 0.3) is 20.9 Å². The second kappa shape index (κ2) is 24.2. The van der Waals surface area contributed by atoms with Gasteiger partial charge in [-0.15, -0.1) is 22.7 Å². The maximum Gasteiger partial charge on any atom is 0.367 e. The summed E-state index contributed by atoms with van der Waals surface area (Å²) < 4.78 is 38.5. The van der Waals surface area contributed by atoms with Gasteiger partial charge >= 0.3 is 35.1 Å². The van der Waals surface area contributed by atoms with Crippen molar-refractivity contribution in [2.45, 2.75) is 115 Å². The van der Waals surface area contributed by atoms with Crippen LogP contribution in [0, 0.1) is 47.3 Å². The molecule has 0 N–H and O–H groups in total. The van der Waals surface area contributed by atoms with E-state index in [4.69, 9.17) is 38.4 Å². The van der Waals surface area contributed by atoms with Gasteiger partial charge in [0.05, 0.1) is 9.75 Å². The third-order valence-electron chi connectivity index (χ3n) is 20.4. The lowest BCUT2D eigenvalue weighted by Crippen LogP contribution is -2.54. The molecule has 18 heteroatoms. The van der Waals surface area contributed by atoms with Crippen LogP contribution in [0.4, 0.5) is 10.0 Å². The summed E-state index contributed by atoms with van der Waals surface area (Å²) in [6.07, 6.45) is 10.9. The number of rotatable bonds is 14. The maximum atomic E-state index is 15.8. The first-order chi connectivity index (χ1) is 44.8. The van der Waals surface area contributed by atoms with Crippen LogP contribution in [0.1, 0.15) is 110 Å². The Kier molecular flexibility index (Phi) is 15.6. The Labute approximate surface area is 538 Å². The van der Waals surface area contributed by atoms with E-state index in [1.165, 1.54) is 24.3 Å². The van der Waals surface area contributed by atoms with Crippen molar-refractivity contribution in [3.05, 3.63) is 179 Å². The van der Waals surface area contributed by atoms with Gasteiger partial charge in [-0.05, 0) is 83.7 Å². The summed E-state index contributed by atoms with van der Waals surface area (Å²) in [7, 11) is 0. The summed E-state index contributed by atoms with van der Waals surface area (Å²) in [5, 5.41) is 0.256. The molecule has 0 radical (unpaired) electrons. The second-order valence-corrected chi connectivity index (χ2v) is 27.7. The van der Waals surface area contributed by atoms with Crippen molar-refractivity contribution in [2.75, 3.05) is 0 Å². The Hall–Kier alpha value is -9.00. The minimum absolute atomic E-state index is 0.0575. The van der Waals surface area contributed by atoms with Gasteiger partial charge in [-0.3, -0.25) is 19.2 Å². The minimum atomic E-state index is -2.84. The first kappa shape index (κ1) is 59.3. The van der Waals surface area contributed by atoms with E-state index < -0.39 is 58.8 Å². The predicted molar refractivity (Wildman–Crippen MR) is 340 cm³/mol. The molecule has 0 saturated heterocycles. The number of hydrogen-bond donors (Lipinski definition) is 0. The number of benzene rings is 5. The lowest BCUT2D eigenvalue weighted by Gasteiger charge is -2.39. The standard InChI is InChI=1S/C74H64N2O14S2/c77-63-49-29-45-25-13-14-26-46(45)30-50(49)64(78)61(63)75-59-35-57-67(91-59)53-34-56-54(33-55(53)73(89-57,69(81)85-37-41-17-5-1-6-18-41)70(82)86-38-42-19-7-2-8-20-42)68-58(36-60(92-68)76-62-65(79)51-31-47-27-15-16-28-48(47)32-52(51)66(62)80)90-74(56,71(83)87-39-43-21-9-3-10-22-43)72(84)88-40-44-23-11-4-12-24-44/h1-12,17-24,33-36,45-52H,13-16,25-32,37-40H2. The molecule has 4 heterocycles. The molecule has 2 aliphatic heterocycles. The Morgan fingerprint density at radius 2 is 0.674 bits per heavy atom. The summed E-state index contributed by atoms with van der Waals surface area (Å²) in [5.74, 6) is -6.87. The molecule has 0 bridgehead atoms. The van der Waals surface area contributed by atoms with Crippen LogP contribution in [0.15, 0.2) is 156 Å². The van der Waals surface area contributed by atoms with E-state index in [0.29, 0.717) is 71.6 Å². The van der Waals surface area contributed by atoms with Crippen LogP contribution in [-0.2, 0) is 94.9 Å². The zero-order valence-corrected chi connectivity index (χ0v) is 51.8. The molecule has 6 fully saturated rings. The summed E-state index contributed by atoms with van der Waals surface area (Å²) in [6, 6.07) is 41.2. The lowest BCUT2D eigenvalue weighted by molar-refractivity contribution is -0.185. The molecule has 6 saturated carbocycles. The summed E-state index contributed by atoms with van der Waals surface area (Å²) in [6.45, 7) is -1.29. The maximum absolute atomic E-state index is 15.8. The quantitative estimate of drug-likeness (QED) is 0.0562. The van der Waals surface area contributed by atoms with Crippen molar-refractivity contribution in [1.29, 1.82) is 0 Å². The molecule has 8 atom stereocenters. The normalized spacial score (nSPS) is 24.3. The van der Waals surface area contributed by atoms with Crippen LogP contribution < -0.4 is 9.47 Å². The van der Waals surface area contributed by atoms with Gasteiger partial charge in [0.15, 0.2) is 34.6 Å². The van der Waals surface area contributed by atoms with Crippen LogP contribution in [0.3, 0.4) is 0 Å². The second-order valence-electron chi connectivity index (χ2n) is 25.7. The van der Waals surface area contributed by atoms with Gasteiger partial charge in [0, 0.05) is 58.1 Å². The van der Waals surface area contributed by atoms with Gasteiger partial charge in [0.2, 0.25) is 0 Å². The molecule has 8 unspecified atom stereocenters. The number of nitrogens with zero attached hydrogens (tertiary/aromatic N) is 2. The van der Waals surface area contributed by atoms with Gasteiger partial charge in [0.25, 0.3) is 0 Å². The molecule has 92 heavy (non-hydrogen) atoms. The van der Waals surface area contributed by atoms with E-state index in [1.54, 1.807) is 121 Å². The summed E-state index contributed by atoms with van der Waals surface area (Å²) >= 11 is 2.00. The highest BCUT2D eigenvalue weighted by atomic mass is 32.1. The first-order valence-corrected chi connectivity index (χ1v) is 33.5. The van der Waals surface area contributed by atoms with Crippen molar-refractivity contribution in [3.8, 4) is 32.4 Å². The van der Waals surface area contributed by atoms with Crippen molar-refractivity contribution >= 4 is 91.1 Å². The average molecular weight is 1270 g/mol. The Bertz CT molecular complexity index is 3760. The lowest BCUT2D eigenvalue weighted by atomic mass is 9.64. The fourth-order valence-corrected chi connectivity index (χ4v) is 17.7. The van der Waals surface area contributed by atoms with Crippen LogP contribution in [0.5, 0.6) is 11.5 Å². The SMILES string of the molecule is O=C1C(=Nc2cc3c(s2)-c2cc4c(cc2C(C(=O)OCc2ccccc2)(C(=O)OCc2ccccc2)O3)-c2sc(N=C3C(=O)C5CC6CCCCC6CC5C3=O)cc2OC4(C(=O)OCc2ccccc2)C(=O)OCc2ccccc2)C(=O)C2CC3CCCCC3CC12. The zero-order chi connectivity index (χ0) is 62.8.